The van der Waals surface area contributed by atoms with Gasteiger partial charge in [-0.25, -0.2) is 0 Å². The fourth-order valence-corrected chi connectivity index (χ4v) is 3.69. The van der Waals surface area contributed by atoms with E-state index in [4.69, 9.17) is 4.74 Å². The number of aromatic nitrogens is 3. The zero-order valence-electron chi connectivity index (χ0n) is 14.6. The molecule has 1 amide bonds. The summed E-state index contributed by atoms with van der Waals surface area (Å²) in [5, 5.41) is 5.66. The van der Waals surface area contributed by atoms with Crippen LogP contribution in [0.2, 0.25) is 0 Å². The van der Waals surface area contributed by atoms with E-state index >= 15 is 0 Å². The Bertz CT molecular complexity index is 925. The van der Waals surface area contributed by atoms with E-state index in [1.54, 1.807) is 7.11 Å². The molecule has 6 nitrogen and oxygen atoms in total. The lowest BCUT2D eigenvalue weighted by Gasteiger charge is -2.27. The second-order valence-corrected chi connectivity index (χ2v) is 6.53. The molecule has 1 aromatic carbocycles. The monoisotopic (exact) mass is 338 g/mol. The van der Waals surface area contributed by atoms with Crippen LogP contribution in [-0.2, 0) is 42.6 Å². The first-order valence-electron chi connectivity index (χ1n) is 8.52. The Balaban J connectivity index is 1.54. The molecule has 2 aromatic heterocycles. The number of rotatable bonds is 4. The van der Waals surface area contributed by atoms with Gasteiger partial charge in [-0.05, 0) is 11.6 Å². The van der Waals surface area contributed by atoms with Gasteiger partial charge < -0.3 is 14.6 Å². The fraction of sp³-hybridized carbons (Fsp3) is 0.368. The first kappa shape index (κ1) is 15.9. The number of methoxy groups -OCH3 is 1. The largest absolute Gasteiger partial charge is 0.378 e. The zero-order chi connectivity index (χ0) is 17.4. The Kier molecular flexibility index (Phi) is 4.05. The summed E-state index contributed by atoms with van der Waals surface area (Å²) in [5.74, 6) is 0.155. The number of fused-ring (bicyclic) bond motifs is 2. The third-order valence-electron chi connectivity index (χ3n) is 4.98. The molecule has 3 aromatic rings. The van der Waals surface area contributed by atoms with Gasteiger partial charge in [0.15, 0.2) is 0 Å². The molecule has 4 rings (SSSR count). The van der Waals surface area contributed by atoms with Crippen LogP contribution in [0.3, 0.4) is 0 Å². The topological polar surface area (TPSA) is 63.1 Å². The number of nitrogens with zero attached hydrogens (tertiary/aromatic N) is 3. The van der Waals surface area contributed by atoms with Gasteiger partial charge >= 0.3 is 0 Å². The average Bonchev–Trinajstić information content (AvgIpc) is 3.17. The second-order valence-electron chi connectivity index (χ2n) is 6.53. The van der Waals surface area contributed by atoms with Crippen molar-refractivity contribution in [2.24, 2.45) is 7.05 Å². The highest BCUT2D eigenvalue weighted by atomic mass is 16.5. The highest BCUT2D eigenvalue weighted by Gasteiger charge is 2.26. The summed E-state index contributed by atoms with van der Waals surface area (Å²) in [5.41, 5.74) is 5.41. The number of aromatic amines is 1. The van der Waals surface area contributed by atoms with Crippen molar-refractivity contribution in [3.05, 3.63) is 53.0 Å². The Hall–Kier alpha value is -2.60. The quantitative estimate of drug-likeness (QED) is 0.793. The Morgan fingerprint density at radius 2 is 2.20 bits per heavy atom. The third-order valence-corrected chi connectivity index (χ3v) is 4.98. The molecule has 0 unspecified atom stereocenters. The summed E-state index contributed by atoms with van der Waals surface area (Å²) in [4.78, 5) is 18.0. The van der Waals surface area contributed by atoms with Crippen molar-refractivity contribution in [1.29, 1.82) is 0 Å². The molecule has 0 fully saturated rings. The Labute approximate surface area is 146 Å². The molecule has 6 heteroatoms. The summed E-state index contributed by atoms with van der Waals surface area (Å²) >= 11 is 0. The average molecular weight is 338 g/mol. The molecule has 0 saturated carbocycles. The van der Waals surface area contributed by atoms with Crippen molar-refractivity contribution in [2.75, 3.05) is 13.7 Å². The number of para-hydroxylation sites is 1. The van der Waals surface area contributed by atoms with Crippen molar-refractivity contribution < 1.29 is 9.53 Å². The molecule has 25 heavy (non-hydrogen) atoms. The number of H-pyrrole nitrogens is 1. The number of hydrogen-bond acceptors (Lipinski definition) is 3. The van der Waals surface area contributed by atoms with E-state index < -0.39 is 0 Å². The van der Waals surface area contributed by atoms with Gasteiger partial charge in [-0.3, -0.25) is 9.48 Å². The Morgan fingerprint density at radius 1 is 1.36 bits per heavy atom. The number of aryl methyl sites for hydroxylation is 1. The maximum absolute atomic E-state index is 12.8. The summed E-state index contributed by atoms with van der Waals surface area (Å²) < 4.78 is 7.17. The van der Waals surface area contributed by atoms with Crippen LogP contribution >= 0.6 is 0 Å². The maximum Gasteiger partial charge on any atom is 0.227 e. The van der Waals surface area contributed by atoms with Crippen molar-refractivity contribution in [3.63, 3.8) is 0 Å². The van der Waals surface area contributed by atoms with Crippen molar-refractivity contribution in [1.82, 2.24) is 19.7 Å². The van der Waals surface area contributed by atoms with Gasteiger partial charge in [0.1, 0.15) is 0 Å². The number of amides is 1. The molecular weight excluding hydrogens is 316 g/mol. The van der Waals surface area contributed by atoms with Crippen LogP contribution in [0, 0.1) is 0 Å². The lowest BCUT2D eigenvalue weighted by molar-refractivity contribution is -0.131. The van der Waals surface area contributed by atoms with E-state index in [9.17, 15) is 4.79 Å². The fourth-order valence-electron chi connectivity index (χ4n) is 3.69. The highest BCUT2D eigenvalue weighted by molar-refractivity contribution is 5.89. The molecule has 130 valence electrons. The van der Waals surface area contributed by atoms with Crippen molar-refractivity contribution in [2.45, 2.75) is 26.0 Å². The molecule has 0 bridgehead atoms. The first-order valence-corrected chi connectivity index (χ1v) is 8.52. The minimum atomic E-state index is 0.155. The molecule has 3 heterocycles. The van der Waals surface area contributed by atoms with Gasteiger partial charge in [-0.1, -0.05) is 18.2 Å². The van der Waals surface area contributed by atoms with E-state index in [0.717, 1.165) is 40.7 Å². The normalized spacial score (nSPS) is 14.1. The van der Waals surface area contributed by atoms with Crippen molar-refractivity contribution in [3.8, 4) is 0 Å². The minimum absolute atomic E-state index is 0.155. The van der Waals surface area contributed by atoms with Crippen LogP contribution in [-0.4, -0.2) is 39.2 Å². The maximum atomic E-state index is 12.8. The number of nitrogens with one attached hydrogen (secondary N) is 1. The summed E-state index contributed by atoms with van der Waals surface area (Å²) in [6, 6.07) is 8.09. The second kappa shape index (κ2) is 6.37. The van der Waals surface area contributed by atoms with Gasteiger partial charge in [0, 0.05) is 62.0 Å². The van der Waals surface area contributed by atoms with Gasteiger partial charge in [-0.15, -0.1) is 0 Å². The molecule has 0 radical (unpaired) electrons. The van der Waals surface area contributed by atoms with E-state index in [2.05, 4.69) is 16.1 Å². The van der Waals surface area contributed by atoms with Gasteiger partial charge in [0.2, 0.25) is 5.91 Å². The lowest BCUT2D eigenvalue weighted by Crippen LogP contribution is -2.37. The third kappa shape index (κ3) is 2.82. The Morgan fingerprint density at radius 3 is 3.04 bits per heavy atom. The number of carbonyl (C=O) groups excluding carboxylic acids is 1. The molecular formula is C19H22N4O2. The van der Waals surface area contributed by atoms with E-state index in [-0.39, 0.29) is 5.91 Å². The molecule has 0 aliphatic carbocycles. The van der Waals surface area contributed by atoms with Crippen LogP contribution in [0.1, 0.15) is 22.5 Å². The molecule has 0 atom stereocenters. The number of benzene rings is 1. The molecule has 1 N–H and O–H groups in total. The van der Waals surface area contributed by atoms with E-state index in [0.29, 0.717) is 19.6 Å². The zero-order valence-corrected chi connectivity index (χ0v) is 14.6. The van der Waals surface area contributed by atoms with Crippen molar-refractivity contribution >= 4 is 16.8 Å². The molecule has 0 spiro atoms. The highest BCUT2D eigenvalue weighted by Crippen LogP contribution is 2.24. The smallest absolute Gasteiger partial charge is 0.227 e. The predicted molar refractivity (Wildman–Crippen MR) is 95.0 cm³/mol. The molecule has 1 aliphatic heterocycles. The van der Waals surface area contributed by atoms with Crippen LogP contribution in [0.5, 0.6) is 0 Å². The molecule has 1 aliphatic rings. The number of ether oxygens (including phenoxy) is 1. The predicted octanol–water partition coefficient (Wildman–Crippen LogP) is 2.18. The van der Waals surface area contributed by atoms with Crippen LogP contribution in [0.25, 0.3) is 10.9 Å². The van der Waals surface area contributed by atoms with Crippen LogP contribution < -0.4 is 0 Å². The SMILES string of the molecule is COCc1nn(C)c2c1CN(C(=O)Cc1c[nH]c3ccccc13)CC2. The first-order chi connectivity index (χ1) is 12.2. The van der Waals surface area contributed by atoms with Gasteiger partial charge in [0.25, 0.3) is 0 Å². The summed E-state index contributed by atoms with van der Waals surface area (Å²) in [6.45, 7) is 1.83. The van der Waals surface area contributed by atoms with Crippen LogP contribution in [0.4, 0.5) is 0 Å². The van der Waals surface area contributed by atoms with Gasteiger partial charge in [-0.2, -0.15) is 5.10 Å². The van der Waals surface area contributed by atoms with E-state index in [1.807, 2.05) is 41.0 Å². The summed E-state index contributed by atoms with van der Waals surface area (Å²) in [6.07, 6.45) is 3.19. The lowest BCUT2D eigenvalue weighted by atomic mass is 10.0. The minimum Gasteiger partial charge on any atom is -0.378 e. The number of carbonyl (C=O) groups is 1. The van der Waals surface area contributed by atoms with Crippen LogP contribution in [0.15, 0.2) is 30.5 Å². The van der Waals surface area contributed by atoms with E-state index in [1.165, 1.54) is 5.69 Å². The number of hydrogen-bond donors (Lipinski definition) is 1. The summed E-state index contributed by atoms with van der Waals surface area (Å²) in [7, 11) is 3.63. The standard InChI is InChI=1S/C19H22N4O2/c1-22-18-7-8-23(11-15(18)17(21-22)12-25-2)19(24)9-13-10-20-16-6-4-3-5-14(13)16/h3-6,10,20H,7-9,11-12H2,1-2H3. The molecule has 0 saturated heterocycles. The van der Waals surface area contributed by atoms with Gasteiger partial charge in [0.05, 0.1) is 18.7 Å².